The van der Waals surface area contributed by atoms with Crippen LogP contribution in [0.1, 0.15) is 27.2 Å². The first-order valence-corrected chi connectivity index (χ1v) is 6.89. The highest BCUT2D eigenvalue weighted by Gasteiger charge is 2.11. The molecule has 0 rings (SSSR count). The average molecular weight is 300 g/mol. The van der Waals surface area contributed by atoms with Gasteiger partial charge in [-0.05, 0) is 13.3 Å². The molecule has 0 aromatic rings. The first-order chi connectivity index (χ1) is 9.88. The number of carbonyl (C=O) groups excluding carboxylic acids is 3. The number of alkyl carbamates (subject to hydrolysis) is 1. The number of nitrogens with one attached hydrogen (secondary N) is 2. The highest BCUT2D eigenvalue weighted by molar-refractivity contribution is 5.92. The Morgan fingerprint density at radius 2 is 1.67 bits per heavy atom. The van der Waals surface area contributed by atoms with Crippen molar-refractivity contribution in [1.29, 1.82) is 0 Å². The topological polar surface area (TPSA) is 93.7 Å². The van der Waals surface area contributed by atoms with Crippen molar-refractivity contribution in [3.63, 3.8) is 0 Å². The monoisotopic (exact) mass is 300 g/mol. The lowest BCUT2D eigenvalue weighted by Gasteiger charge is -2.10. The van der Waals surface area contributed by atoms with Gasteiger partial charge in [0.25, 0.3) is 0 Å². The van der Waals surface area contributed by atoms with Crippen molar-refractivity contribution in [2.75, 3.05) is 26.3 Å². The van der Waals surface area contributed by atoms with E-state index >= 15 is 0 Å². The number of hydrogen-bond donors (Lipinski definition) is 2. The van der Waals surface area contributed by atoms with Crippen LogP contribution in [0.4, 0.5) is 4.79 Å². The number of carbonyl (C=O) groups is 3. The number of amides is 2. The summed E-state index contributed by atoms with van der Waals surface area (Å²) in [5.41, 5.74) is 0.403. The van der Waals surface area contributed by atoms with E-state index in [1.807, 2.05) is 6.92 Å². The fourth-order valence-corrected chi connectivity index (χ4v) is 1.13. The van der Waals surface area contributed by atoms with Gasteiger partial charge in [-0.2, -0.15) is 0 Å². The van der Waals surface area contributed by atoms with E-state index in [4.69, 9.17) is 9.47 Å². The molecule has 0 aromatic heterocycles. The zero-order valence-electron chi connectivity index (χ0n) is 12.9. The summed E-state index contributed by atoms with van der Waals surface area (Å²) in [5.74, 6) is -0.720. The van der Waals surface area contributed by atoms with Crippen LogP contribution in [0.25, 0.3) is 0 Å². The normalized spacial score (nSPS) is 11.2. The lowest BCUT2D eigenvalue weighted by molar-refractivity contribution is -0.149. The summed E-state index contributed by atoms with van der Waals surface area (Å²) in [6, 6.07) is 0. The molecule has 0 spiro atoms. The minimum Gasteiger partial charge on any atom is -0.462 e. The molecule has 0 fully saturated rings. The zero-order valence-corrected chi connectivity index (χ0v) is 12.9. The van der Waals surface area contributed by atoms with Gasteiger partial charge >= 0.3 is 12.1 Å². The van der Waals surface area contributed by atoms with Gasteiger partial charge in [0.1, 0.15) is 13.2 Å². The van der Waals surface area contributed by atoms with Crippen LogP contribution in [0.3, 0.4) is 0 Å². The minimum absolute atomic E-state index is 0.00780. The Kier molecular flexibility index (Phi) is 9.66. The van der Waals surface area contributed by atoms with Crippen LogP contribution in [-0.4, -0.2) is 44.3 Å². The van der Waals surface area contributed by atoms with E-state index in [1.54, 1.807) is 13.8 Å². The molecule has 0 aromatic carbocycles. The van der Waals surface area contributed by atoms with E-state index in [0.29, 0.717) is 12.0 Å². The Morgan fingerprint density at radius 1 is 1.10 bits per heavy atom. The summed E-state index contributed by atoms with van der Waals surface area (Å²) >= 11 is 0. The van der Waals surface area contributed by atoms with E-state index in [0.717, 1.165) is 0 Å². The van der Waals surface area contributed by atoms with E-state index in [-0.39, 0.29) is 44.1 Å². The molecule has 1 unspecified atom stereocenters. The molecule has 7 nitrogen and oxygen atoms in total. The molecule has 0 radical (unpaired) electrons. The molecule has 120 valence electrons. The molecule has 0 aliphatic heterocycles. The van der Waals surface area contributed by atoms with Gasteiger partial charge in [0.15, 0.2) is 0 Å². The van der Waals surface area contributed by atoms with Crippen molar-refractivity contribution in [2.45, 2.75) is 27.2 Å². The molecule has 0 saturated carbocycles. The van der Waals surface area contributed by atoms with Gasteiger partial charge in [-0.3, -0.25) is 9.59 Å². The molecule has 0 saturated heterocycles. The smallest absolute Gasteiger partial charge is 0.407 e. The summed E-state index contributed by atoms with van der Waals surface area (Å²) in [6.07, 6.45) is 0.0787. The minimum atomic E-state index is -0.626. The highest BCUT2D eigenvalue weighted by atomic mass is 16.6. The molecule has 0 bridgehead atoms. The molecule has 1 atom stereocenters. The molecule has 21 heavy (non-hydrogen) atoms. The second-order valence-electron chi connectivity index (χ2n) is 4.58. The van der Waals surface area contributed by atoms with Crippen LogP contribution >= 0.6 is 0 Å². The van der Waals surface area contributed by atoms with Gasteiger partial charge in [-0.15, -0.1) is 0 Å². The van der Waals surface area contributed by atoms with Crippen molar-refractivity contribution >= 4 is 18.0 Å². The SMILES string of the molecule is C=C(C)C(=O)NCCNC(=O)OCCOC(=O)C(C)CC. The van der Waals surface area contributed by atoms with Gasteiger partial charge in [-0.25, -0.2) is 4.79 Å². The van der Waals surface area contributed by atoms with Gasteiger partial charge < -0.3 is 20.1 Å². The zero-order chi connectivity index (χ0) is 16.3. The summed E-state index contributed by atoms with van der Waals surface area (Å²) < 4.78 is 9.72. The van der Waals surface area contributed by atoms with Gasteiger partial charge in [0.05, 0.1) is 5.92 Å². The number of esters is 1. The Morgan fingerprint density at radius 3 is 2.24 bits per heavy atom. The summed E-state index contributed by atoms with van der Waals surface area (Å²) in [5, 5.41) is 5.01. The second kappa shape index (κ2) is 10.7. The largest absolute Gasteiger partial charge is 0.462 e. The van der Waals surface area contributed by atoms with Crippen LogP contribution in [-0.2, 0) is 19.1 Å². The van der Waals surface area contributed by atoms with E-state index in [9.17, 15) is 14.4 Å². The van der Waals surface area contributed by atoms with E-state index < -0.39 is 6.09 Å². The van der Waals surface area contributed by atoms with Crippen LogP contribution in [0, 0.1) is 5.92 Å². The van der Waals surface area contributed by atoms with E-state index in [1.165, 1.54) is 0 Å². The van der Waals surface area contributed by atoms with Crippen LogP contribution in [0.15, 0.2) is 12.2 Å². The predicted molar refractivity (Wildman–Crippen MR) is 77.6 cm³/mol. The average Bonchev–Trinajstić information content (AvgIpc) is 2.46. The van der Waals surface area contributed by atoms with Crippen LogP contribution in [0.2, 0.25) is 0 Å². The van der Waals surface area contributed by atoms with Gasteiger partial charge in [0, 0.05) is 18.7 Å². The van der Waals surface area contributed by atoms with Crippen molar-refractivity contribution in [1.82, 2.24) is 10.6 Å². The molecule has 0 heterocycles. The third-order valence-electron chi connectivity index (χ3n) is 2.64. The van der Waals surface area contributed by atoms with Crippen molar-refractivity contribution in [2.24, 2.45) is 5.92 Å². The number of rotatable bonds is 9. The van der Waals surface area contributed by atoms with Crippen molar-refractivity contribution in [3.05, 3.63) is 12.2 Å². The number of ether oxygens (including phenoxy) is 2. The lowest BCUT2D eigenvalue weighted by atomic mass is 10.1. The molecule has 0 aliphatic rings. The Balaban J connectivity index is 3.57. The number of hydrogen-bond acceptors (Lipinski definition) is 5. The first-order valence-electron chi connectivity index (χ1n) is 6.89. The van der Waals surface area contributed by atoms with Gasteiger partial charge in [0.2, 0.25) is 5.91 Å². The van der Waals surface area contributed by atoms with E-state index in [2.05, 4.69) is 17.2 Å². The highest BCUT2D eigenvalue weighted by Crippen LogP contribution is 2.02. The predicted octanol–water partition coefficient (Wildman–Crippen LogP) is 0.994. The molecular formula is C14H24N2O5. The quantitative estimate of drug-likeness (QED) is 0.376. The molecule has 2 N–H and O–H groups in total. The maximum Gasteiger partial charge on any atom is 0.407 e. The Hall–Kier alpha value is -2.05. The van der Waals surface area contributed by atoms with Crippen LogP contribution in [0.5, 0.6) is 0 Å². The van der Waals surface area contributed by atoms with Crippen molar-refractivity contribution in [3.8, 4) is 0 Å². The fraction of sp³-hybridized carbons (Fsp3) is 0.643. The maximum atomic E-state index is 11.3. The summed E-state index contributed by atoms with van der Waals surface area (Å²) in [7, 11) is 0. The van der Waals surface area contributed by atoms with Gasteiger partial charge in [-0.1, -0.05) is 20.4 Å². The third kappa shape index (κ3) is 9.48. The first kappa shape index (κ1) is 18.9. The lowest BCUT2D eigenvalue weighted by Crippen LogP contribution is -2.35. The summed E-state index contributed by atoms with van der Waals surface area (Å²) in [4.78, 5) is 33.7. The molecule has 0 aliphatic carbocycles. The van der Waals surface area contributed by atoms with Crippen molar-refractivity contribution < 1.29 is 23.9 Å². The maximum absolute atomic E-state index is 11.3. The Bertz CT molecular complexity index is 382. The molecule has 2 amide bonds. The Labute approximate surface area is 125 Å². The molecular weight excluding hydrogens is 276 g/mol. The fourth-order valence-electron chi connectivity index (χ4n) is 1.13. The molecule has 7 heteroatoms. The third-order valence-corrected chi connectivity index (χ3v) is 2.64. The summed E-state index contributed by atoms with van der Waals surface area (Å²) in [6.45, 7) is 9.29. The van der Waals surface area contributed by atoms with Crippen LogP contribution < -0.4 is 10.6 Å². The second-order valence-corrected chi connectivity index (χ2v) is 4.58. The standard InChI is InChI=1S/C14H24N2O5/c1-5-11(4)13(18)20-8-9-21-14(19)16-7-6-15-12(17)10(2)3/h11H,2,5-9H2,1,3-4H3,(H,15,17)(H,16,19).